The Kier molecular flexibility index (Phi) is 12.6. The summed E-state index contributed by atoms with van der Waals surface area (Å²) in [7, 11) is 0. The SMILES string of the molecule is CC(=O)OC[C@@](C)(C[C@@H](OC(=O)c1ccccc1)C(=O)[C@@H](C)[C@@]1(O)C(=O)C[C@H]2[C@@H]3CC[C@H]4C[C@@H](OC(C)=O)CC[C@]4(C)[C@H]3C[C@@H](OC(C)=O)[C@@]21C)OC(=O)C(F)(F)F. The van der Waals surface area contributed by atoms with Crippen LogP contribution in [0.2, 0.25) is 0 Å². The average molecular weight is 823 g/mol. The van der Waals surface area contributed by atoms with Gasteiger partial charge in [0.25, 0.3) is 0 Å². The van der Waals surface area contributed by atoms with Gasteiger partial charge in [-0.25, -0.2) is 9.59 Å². The molecular weight excluding hydrogens is 769 g/mol. The number of halogens is 3. The number of ether oxygens (including phenoxy) is 5. The van der Waals surface area contributed by atoms with E-state index < -0.39 is 95.3 Å². The number of carbonyl (C=O) groups excluding carboxylic acids is 7. The minimum Gasteiger partial charge on any atom is -0.463 e. The number of alkyl halides is 3. The molecule has 0 unspecified atom stereocenters. The molecule has 4 fully saturated rings. The molecule has 12 atom stereocenters. The molecule has 0 bridgehead atoms. The normalized spacial score (nSPS) is 33.7. The Balaban J connectivity index is 1.53. The van der Waals surface area contributed by atoms with Gasteiger partial charge in [-0.15, -0.1) is 0 Å². The van der Waals surface area contributed by atoms with Gasteiger partial charge in [0.05, 0.1) is 11.5 Å². The maximum Gasteiger partial charge on any atom is 0.490 e. The second kappa shape index (κ2) is 16.4. The molecule has 13 nitrogen and oxygen atoms in total. The van der Waals surface area contributed by atoms with Crippen molar-refractivity contribution in [2.75, 3.05) is 6.61 Å². The fourth-order valence-corrected chi connectivity index (χ4v) is 11.0. The summed E-state index contributed by atoms with van der Waals surface area (Å²) < 4.78 is 67.4. The van der Waals surface area contributed by atoms with Gasteiger partial charge in [0.1, 0.15) is 30.0 Å². The van der Waals surface area contributed by atoms with Crippen molar-refractivity contribution < 1.29 is 75.5 Å². The van der Waals surface area contributed by atoms with Crippen LogP contribution in [0.5, 0.6) is 0 Å². The summed E-state index contributed by atoms with van der Waals surface area (Å²) in [6, 6.07) is 7.31. The molecule has 5 rings (SSSR count). The second-order valence-corrected chi connectivity index (χ2v) is 17.4. The molecular formula is C42H53F3O13. The van der Waals surface area contributed by atoms with Crippen molar-refractivity contribution in [1.29, 1.82) is 0 Å². The van der Waals surface area contributed by atoms with Crippen LogP contribution in [0.4, 0.5) is 13.2 Å². The van der Waals surface area contributed by atoms with E-state index >= 15 is 0 Å². The van der Waals surface area contributed by atoms with Crippen molar-refractivity contribution in [3.63, 3.8) is 0 Å². The predicted octanol–water partition coefficient (Wildman–Crippen LogP) is 5.66. The lowest BCUT2D eigenvalue weighted by Gasteiger charge is -2.63. The number of Topliss-reactive ketones (excluding diaryl/α,β-unsaturated/α-hetero) is 2. The number of carbonyl (C=O) groups is 7. The van der Waals surface area contributed by atoms with E-state index in [9.17, 15) is 51.8 Å². The van der Waals surface area contributed by atoms with Crippen LogP contribution in [0.15, 0.2) is 30.3 Å². The zero-order valence-corrected chi connectivity index (χ0v) is 33.8. The van der Waals surface area contributed by atoms with Crippen molar-refractivity contribution in [2.45, 2.75) is 136 Å². The van der Waals surface area contributed by atoms with Crippen LogP contribution < -0.4 is 0 Å². The van der Waals surface area contributed by atoms with Crippen LogP contribution >= 0.6 is 0 Å². The van der Waals surface area contributed by atoms with Crippen molar-refractivity contribution in [2.24, 2.45) is 40.4 Å². The summed E-state index contributed by atoms with van der Waals surface area (Å²) in [4.78, 5) is 91.2. The number of esters is 5. The highest BCUT2D eigenvalue weighted by molar-refractivity contribution is 6.00. The largest absolute Gasteiger partial charge is 0.490 e. The van der Waals surface area contributed by atoms with E-state index in [0.29, 0.717) is 25.7 Å². The van der Waals surface area contributed by atoms with E-state index in [1.165, 1.54) is 45.0 Å². The molecule has 0 saturated heterocycles. The average Bonchev–Trinajstić information content (AvgIpc) is 3.35. The highest BCUT2D eigenvalue weighted by Gasteiger charge is 2.74. The number of aliphatic hydroxyl groups is 1. The van der Waals surface area contributed by atoms with Gasteiger partial charge >= 0.3 is 36.0 Å². The molecule has 0 amide bonds. The minimum absolute atomic E-state index is 0.0520. The van der Waals surface area contributed by atoms with Gasteiger partial charge in [-0.2, -0.15) is 13.2 Å². The van der Waals surface area contributed by atoms with Gasteiger partial charge in [0.15, 0.2) is 17.7 Å². The van der Waals surface area contributed by atoms with Gasteiger partial charge in [0, 0.05) is 39.0 Å². The van der Waals surface area contributed by atoms with E-state index in [1.54, 1.807) is 13.0 Å². The Hall–Kier alpha value is -4.34. The molecule has 1 aromatic carbocycles. The predicted molar refractivity (Wildman–Crippen MR) is 195 cm³/mol. The minimum atomic E-state index is -5.50. The lowest BCUT2D eigenvalue weighted by molar-refractivity contribution is -0.229. The van der Waals surface area contributed by atoms with E-state index in [1.807, 2.05) is 0 Å². The molecule has 1 aromatic rings. The van der Waals surface area contributed by atoms with Crippen LogP contribution in [0.25, 0.3) is 0 Å². The van der Waals surface area contributed by atoms with Crippen molar-refractivity contribution in [3.05, 3.63) is 35.9 Å². The Labute approximate surface area is 335 Å². The molecule has 4 aliphatic rings. The number of rotatable bonds is 12. The summed E-state index contributed by atoms with van der Waals surface area (Å²) in [5.41, 5.74) is -6.87. The fourth-order valence-electron chi connectivity index (χ4n) is 11.0. The van der Waals surface area contributed by atoms with Crippen LogP contribution in [0.3, 0.4) is 0 Å². The van der Waals surface area contributed by atoms with Crippen molar-refractivity contribution in [3.8, 4) is 0 Å². The van der Waals surface area contributed by atoms with Crippen molar-refractivity contribution >= 4 is 41.4 Å². The molecule has 1 N–H and O–H groups in total. The van der Waals surface area contributed by atoms with Crippen LogP contribution in [-0.4, -0.2) is 88.8 Å². The highest BCUT2D eigenvalue weighted by atomic mass is 19.4. The summed E-state index contributed by atoms with van der Waals surface area (Å²) in [6.07, 6.45) is -6.38. The Bertz CT molecular complexity index is 1800. The third-order valence-corrected chi connectivity index (χ3v) is 13.8. The summed E-state index contributed by atoms with van der Waals surface area (Å²) in [5.74, 6) is -9.92. The first-order valence-electron chi connectivity index (χ1n) is 19.7. The summed E-state index contributed by atoms with van der Waals surface area (Å²) in [5, 5.41) is 12.9. The van der Waals surface area contributed by atoms with Crippen LogP contribution in [-0.2, 0) is 52.5 Å². The van der Waals surface area contributed by atoms with Gasteiger partial charge < -0.3 is 28.8 Å². The topological polar surface area (TPSA) is 186 Å². The second-order valence-electron chi connectivity index (χ2n) is 17.4. The fraction of sp³-hybridized carbons (Fsp3) is 0.690. The van der Waals surface area contributed by atoms with E-state index in [4.69, 9.17) is 23.7 Å². The number of ketones is 2. The van der Waals surface area contributed by atoms with Crippen LogP contribution in [0, 0.1) is 40.4 Å². The molecule has 0 heterocycles. The highest BCUT2D eigenvalue weighted by Crippen LogP contribution is 2.69. The number of fused-ring (bicyclic) bond motifs is 5. The Morgan fingerprint density at radius 2 is 1.53 bits per heavy atom. The molecule has 0 aliphatic heterocycles. The summed E-state index contributed by atoms with van der Waals surface area (Å²) >= 11 is 0. The van der Waals surface area contributed by atoms with E-state index in [0.717, 1.165) is 20.3 Å². The first kappa shape index (κ1) is 44.8. The lowest BCUT2D eigenvalue weighted by Crippen LogP contribution is -2.67. The molecule has 4 saturated carbocycles. The molecule has 320 valence electrons. The molecule has 16 heteroatoms. The number of benzene rings is 1. The third kappa shape index (κ3) is 8.40. The number of hydrogen-bond donors (Lipinski definition) is 1. The first-order chi connectivity index (χ1) is 26.9. The quantitative estimate of drug-likeness (QED) is 0.201. The maximum atomic E-state index is 14.8. The lowest BCUT2D eigenvalue weighted by atomic mass is 9.43. The van der Waals surface area contributed by atoms with Gasteiger partial charge in [0.2, 0.25) is 0 Å². The summed E-state index contributed by atoms with van der Waals surface area (Å²) in [6.45, 7) is 8.55. The Morgan fingerprint density at radius 3 is 2.12 bits per heavy atom. The smallest absolute Gasteiger partial charge is 0.463 e. The monoisotopic (exact) mass is 822 g/mol. The molecule has 4 aliphatic carbocycles. The zero-order chi connectivity index (χ0) is 43.2. The molecule has 58 heavy (non-hydrogen) atoms. The standard InChI is InChI=1S/C42H53F3O13/c1-22(35(50)32(57-36(51)26-11-9-8-10-12-26)20-38(5,21-54-23(2)46)58-37(52)42(43,44)45)41(53)33(49)18-31-29-14-13-27-17-28(55-24(3)47)15-16-39(27,6)30(29)19-34(40(31,41)7)56-25(4)48/h8-12,22,27-32,34,53H,13-21H2,1-7H3/t22-,27+,28+,29-,30+,31+,32-,34-,38-,39+,40-,41-/m1/s1. The van der Waals surface area contributed by atoms with E-state index in [2.05, 4.69) is 6.92 Å². The van der Waals surface area contributed by atoms with Gasteiger partial charge in [-0.1, -0.05) is 39.0 Å². The van der Waals surface area contributed by atoms with Gasteiger partial charge in [-0.05, 0) is 86.7 Å². The van der Waals surface area contributed by atoms with Gasteiger partial charge in [-0.3, -0.25) is 24.0 Å². The number of hydrogen-bond acceptors (Lipinski definition) is 13. The van der Waals surface area contributed by atoms with Crippen molar-refractivity contribution in [1.82, 2.24) is 0 Å². The third-order valence-electron chi connectivity index (χ3n) is 13.8. The van der Waals surface area contributed by atoms with Crippen LogP contribution in [0.1, 0.15) is 110 Å². The maximum absolute atomic E-state index is 14.8. The zero-order valence-electron chi connectivity index (χ0n) is 33.8. The first-order valence-corrected chi connectivity index (χ1v) is 19.7. The molecule has 0 radical (unpaired) electrons. The van der Waals surface area contributed by atoms with E-state index in [-0.39, 0.29) is 53.6 Å². The Morgan fingerprint density at radius 1 is 0.897 bits per heavy atom. The molecule has 0 aromatic heterocycles. The molecule has 0 spiro atoms.